The Kier molecular flexibility index (Phi) is 5.32. The van der Waals surface area contributed by atoms with Gasteiger partial charge in [-0.3, -0.25) is 9.59 Å². The third-order valence-electron chi connectivity index (χ3n) is 0.979. The lowest BCUT2D eigenvalue weighted by Gasteiger charge is -1.98. The monoisotopic (exact) mass is 160 g/mol. The molecule has 0 saturated carbocycles. The van der Waals surface area contributed by atoms with Crippen molar-refractivity contribution in [1.29, 1.82) is 0 Å². The number of rotatable bonds is 4. The molecule has 0 aromatic carbocycles. The van der Waals surface area contributed by atoms with Gasteiger partial charge in [0.25, 0.3) is 0 Å². The first-order chi connectivity index (χ1) is 5.20. The van der Waals surface area contributed by atoms with Crippen molar-refractivity contribution in [1.82, 2.24) is 0 Å². The van der Waals surface area contributed by atoms with Crippen molar-refractivity contribution < 1.29 is 14.3 Å². The van der Waals surface area contributed by atoms with Crippen LogP contribution in [0.3, 0.4) is 0 Å². The van der Waals surface area contributed by atoms with Crippen LogP contribution < -0.4 is 11.5 Å². The maximum atomic E-state index is 10.6. The first-order valence-corrected chi connectivity index (χ1v) is 3.34. The first kappa shape index (κ1) is 10.1. The fraction of sp³-hybridized carbons (Fsp3) is 0.667. The molecule has 0 heterocycles. The van der Waals surface area contributed by atoms with E-state index < -0.39 is 11.9 Å². The first-order valence-electron chi connectivity index (χ1n) is 3.34. The average Bonchev–Trinajstić information content (AvgIpc) is 2.00. The number of hydrogen-bond donors (Lipinski definition) is 2. The molecule has 0 amide bonds. The Morgan fingerprint density at radius 3 is 2.27 bits per heavy atom. The van der Waals surface area contributed by atoms with E-state index in [0.717, 1.165) is 0 Å². The molecule has 0 atom stereocenters. The molecular weight excluding hydrogens is 148 g/mol. The van der Waals surface area contributed by atoms with Crippen LogP contribution in [-0.2, 0) is 14.3 Å². The molecule has 0 rings (SSSR count). The Hall–Kier alpha value is -0.940. The largest absolute Gasteiger partial charge is 0.392 e. The van der Waals surface area contributed by atoms with Crippen LogP contribution in [0.15, 0.2) is 0 Å². The minimum absolute atomic E-state index is 0.169. The van der Waals surface area contributed by atoms with E-state index in [1.54, 1.807) is 0 Å². The van der Waals surface area contributed by atoms with E-state index in [1.807, 2.05) is 0 Å². The molecule has 64 valence electrons. The van der Waals surface area contributed by atoms with Gasteiger partial charge in [-0.05, 0) is 13.0 Å². The summed E-state index contributed by atoms with van der Waals surface area (Å²) in [6.07, 6.45) is 0.693. The Morgan fingerprint density at radius 1 is 1.18 bits per heavy atom. The Morgan fingerprint density at radius 2 is 1.82 bits per heavy atom. The van der Waals surface area contributed by atoms with Crippen LogP contribution in [0.5, 0.6) is 0 Å². The summed E-state index contributed by atoms with van der Waals surface area (Å²) in [6.45, 7) is 0.139. The predicted octanol–water partition coefficient (Wildman–Crippen LogP) is -1.25. The number of hydrogen-bond acceptors (Lipinski definition) is 5. The number of ether oxygens (including phenoxy) is 1. The van der Waals surface area contributed by atoms with Gasteiger partial charge in [0, 0.05) is 6.42 Å². The Labute approximate surface area is 64.7 Å². The topological polar surface area (TPSA) is 95.4 Å². The van der Waals surface area contributed by atoms with Gasteiger partial charge in [0.1, 0.15) is 0 Å². The molecule has 0 fully saturated rings. The van der Waals surface area contributed by atoms with Gasteiger partial charge in [0.05, 0.1) is 6.54 Å². The molecule has 0 unspecified atom stereocenters. The van der Waals surface area contributed by atoms with E-state index in [2.05, 4.69) is 4.74 Å². The number of nitrogens with two attached hydrogens (primary N) is 2. The SMILES string of the molecule is NCCCC(=O)OC(=O)CN. The lowest BCUT2D eigenvalue weighted by molar-refractivity contribution is -0.158. The fourth-order valence-corrected chi connectivity index (χ4v) is 0.466. The van der Waals surface area contributed by atoms with Crippen LogP contribution in [0.25, 0.3) is 0 Å². The second kappa shape index (κ2) is 5.82. The summed E-state index contributed by atoms with van der Waals surface area (Å²) in [7, 11) is 0. The van der Waals surface area contributed by atoms with E-state index >= 15 is 0 Å². The van der Waals surface area contributed by atoms with Gasteiger partial charge in [-0.25, -0.2) is 0 Å². The zero-order valence-corrected chi connectivity index (χ0v) is 6.21. The van der Waals surface area contributed by atoms with Crippen molar-refractivity contribution in [2.75, 3.05) is 13.1 Å². The summed E-state index contributed by atoms with van der Waals surface area (Å²) in [4.78, 5) is 21.0. The van der Waals surface area contributed by atoms with Gasteiger partial charge in [-0.1, -0.05) is 0 Å². The molecular formula is C6H12N2O3. The summed E-state index contributed by atoms with van der Waals surface area (Å²) < 4.78 is 4.24. The third-order valence-corrected chi connectivity index (χ3v) is 0.979. The molecule has 0 spiro atoms. The highest BCUT2D eigenvalue weighted by molar-refractivity contribution is 5.86. The maximum Gasteiger partial charge on any atom is 0.327 e. The van der Waals surface area contributed by atoms with Crippen molar-refractivity contribution in [2.45, 2.75) is 12.8 Å². The summed E-state index contributed by atoms with van der Waals surface area (Å²) in [5.41, 5.74) is 10.0. The second-order valence-corrected chi connectivity index (χ2v) is 1.94. The molecule has 11 heavy (non-hydrogen) atoms. The van der Waals surface area contributed by atoms with Crippen LogP contribution in [0.1, 0.15) is 12.8 Å². The minimum Gasteiger partial charge on any atom is -0.392 e. The van der Waals surface area contributed by atoms with Crippen molar-refractivity contribution in [2.24, 2.45) is 11.5 Å². The molecule has 0 aromatic rings. The van der Waals surface area contributed by atoms with Crippen LogP contribution in [0.2, 0.25) is 0 Å². The highest BCUT2D eigenvalue weighted by Gasteiger charge is 2.06. The molecule has 0 aliphatic heterocycles. The lowest BCUT2D eigenvalue weighted by Crippen LogP contribution is -2.20. The summed E-state index contributed by atoms with van der Waals surface area (Å²) >= 11 is 0. The van der Waals surface area contributed by atoms with Gasteiger partial charge in [-0.15, -0.1) is 0 Å². The van der Waals surface area contributed by atoms with E-state index in [0.29, 0.717) is 13.0 Å². The maximum absolute atomic E-state index is 10.6. The molecule has 0 aromatic heterocycles. The van der Waals surface area contributed by atoms with Crippen LogP contribution in [0, 0.1) is 0 Å². The quantitative estimate of drug-likeness (QED) is 0.396. The van der Waals surface area contributed by atoms with Crippen molar-refractivity contribution >= 4 is 11.9 Å². The molecule has 0 aliphatic rings. The molecule has 0 aliphatic carbocycles. The fourth-order valence-electron chi connectivity index (χ4n) is 0.466. The summed E-state index contributed by atoms with van der Waals surface area (Å²) in [5.74, 6) is -1.27. The molecule has 5 nitrogen and oxygen atoms in total. The Balaban J connectivity index is 3.44. The van der Waals surface area contributed by atoms with Gasteiger partial charge in [0.2, 0.25) is 0 Å². The van der Waals surface area contributed by atoms with Crippen molar-refractivity contribution in [3.63, 3.8) is 0 Å². The van der Waals surface area contributed by atoms with Gasteiger partial charge in [0.15, 0.2) is 0 Å². The highest BCUT2D eigenvalue weighted by atomic mass is 16.6. The van der Waals surface area contributed by atoms with E-state index in [9.17, 15) is 9.59 Å². The van der Waals surface area contributed by atoms with Crippen LogP contribution in [-0.4, -0.2) is 25.0 Å². The van der Waals surface area contributed by atoms with E-state index in [1.165, 1.54) is 0 Å². The normalized spacial score (nSPS) is 9.27. The number of esters is 2. The lowest BCUT2D eigenvalue weighted by atomic mass is 10.3. The molecule has 0 radical (unpaired) electrons. The summed E-state index contributed by atoms with van der Waals surface area (Å²) in [5, 5.41) is 0. The molecule has 5 heteroatoms. The standard InChI is InChI=1S/C6H12N2O3/c7-3-1-2-5(9)11-6(10)4-8/h1-4,7-8H2. The van der Waals surface area contributed by atoms with Crippen LogP contribution >= 0.6 is 0 Å². The number of carbonyl (C=O) groups excluding carboxylic acids is 2. The third kappa shape index (κ3) is 5.50. The molecule has 0 bridgehead atoms. The van der Waals surface area contributed by atoms with Gasteiger partial charge >= 0.3 is 11.9 Å². The van der Waals surface area contributed by atoms with Gasteiger partial charge in [-0.2, -0.15) is 0 Å². The van der Waals surface area contributed by atoms with Crippen LogP contribution in [0.4, 0.5) is 0 Å². The molecule has 0 saturated heterocycles. The van der Waals surface area contributed by atoms with E-state index in [-0.39, 0.29) is 13.0 Å². The zero-order valence-electron chi connectivity index (χ0n) is 6.21. The zero-order chi connectivity index (χ0) is 8.69. The minimum atomic E-state index is -0.702. The van der Waals surface area contributed by atoms with E-state index in [4.69, 9.17) is 11.5 Å². The number of carbonyl (C=O) groups is 2. The second-order valence-electron chi connectivity index (χ2n) is 1.94. The predicted molar refractivity (Wildman–Crippen MR) is 38.4 cm³/mol. The van der Waals surface area contributed by atoms with Gasteiger partial charge < -0.3 is 16.2 Å². The molecule has 4 N–H and O–H groups in total. The highest BCUT2D eigenvalue weighted by Crippen LogP contribution is 1.90. The summed E-state index contributed by atoms with van der Waals surface area (Å²) in [6, 6.07) is 0. The Bertz CT molecular complexity index is 147. The smallest absolute Gasteiger partial charge is 0.327 e. The van der Waals surface area contributed by atoms with Crippen molar-refractivity contribution in [3.8, 4) is 0 Å². The van der Waals surface area contributed by atoms with Crippen molar-refractivity contribution in [3.05, 3.63) is 0 Å². The average molecular weight is 160 g/mol.